The highest BCUT2D eigenvalue weighted by molar-refractivity contribution is 7.13. The van der Waals surface area contributed by atoms with Gasteiger partial charge >= 0.3 is 0 Å². The van der Waals surface area contributed by atoms with E-state index >= 15 is 0 Å². The van der Waals surface area contributed by atoms with Crippen LogP contribution in [0.2, 0.25) is 0 Å². The fourth-order valence-corrected chi connectivity index (χ4v) is 2.49. The maximum atomic E-state index is 8.91. The molecule has 1 fully saturated rings. The number of rotatable bonds is 2. The maximum Gasteiger partial charge on any atom is 0.269 e. The normalized spacial score (nSPS) is 15.7. The maximum absolute atomic E-state index is 8.91. The Morgan fingerprint density at radius 2 is 2.38 bits per heavy atom. The van der Waals surface area contributed by atoms with E-state index in [0.29, 0.717) is 17.4 Å². The summed E-state index contributed by atoms with van der Waals surface area (Å²) in [6.07, 6.45) is 3.54. The number of aromatic nitrogens is 2. The number of hydrogen-bond donors (Lipinski definition) is 0. The molecule has 2 heterocycles. The smallest absolute Gasteiger partial charge is 0.269 e. The molecule has 0 bridgehead atoms. The van der Waals surface area contributed by atoms with Crippen LogP contribution in [-0.2, 0) is 0 Å². The van der Waals surface area contributed by atoms with Crippen LogP contribution in [0, 0.1) is 11.3 Å². The van der Waals surface area contributed by atoms with E-state index in [1.807, 2.05) is 5.38 Å². The zero-order valence-electron chi connectivity index (χ0n) is 8.51. The van der Waals surface area contributed by atoms with Crippen LogP contribution in [0.1, 0.15) is 36.6 Å². The first kappa shape index (κ1) is 9.55. The molecule has 0 aliphatic heterocycles. The molecule has 0 aromatic carbocycles. The second kappa shape index (κ2) is 3.72. The summed E-state index contributed by atoms with van der Waals surface area (Å²) in [7, 11) is 0. The quantitative estimate of drug-likeness (QED) is 0.797. The summed E-state index contributed by atoms with van der Waals surface area (Å²) in [6, 6.07) is 3.89. The fraction of sp³-hybridized carbons (Fsp3) is 0.364. The van der Waals surface area contributed by atoms with Crippen molar-refractivity contribution in [3.8, 4) is 16.8 Å². The van der Waals surface area contributed by atoms with Crippen LogP contribution in [0.4, 0.5) is 0 Å². The highest BCUT2D eigenvalue weighted by Crippen LogP contribution is 2.36. The van der Waals surface area contributed by atoms with Crippen molar-refractivity contribution in [2.45, 2.75) is 25.2 Å². The molecule has 0 amide bonds. The standard InChI is InChI=1S/C11H9N3OS/c12-6-8-4-5-16-9(8)11-13-10(14-15-11)7-2-1-3-7/h4-5,7H,1-3H2. The highest BCUT2D eigenvalue weighted by atomic mass is 32.1. The van der Waals surface area contributed by atoms with Crippen LogP contribution >= 0.6 is 11.3 Å². The average molecular weight is 231 g/mol. The first-order valence-electron chi connectivity index (χ1n) is 5.20. The Kier molecular flexibility index (Phi) is 2.22. The SMILES string of the molecule is N#Cc1ccsc1-c1nc(C2CCC2)no1. The van der Waals surface area contributed by atoms with Crippen molar-refractivity contribution in [3.63, 3.8) is 0 Å². The van der Waals surface area contributed by atoms with Crippen LogP contribution in [0.25, 0.3) is 10.8 Å². The topological polar surface area (TPSA) is 62.7 Å². The molecule has 80 valence electrons. The van der Waals surface area contributed by atoms with Crippen molar-refractivity contribution in [1.82, 2.24) is 10.1 Å². The minimum Gasteiger partial charge on any atom is -0.333 e. The molecule has 0 radical (unpaired) electrons. The zero-order chi connectivity index (χ0) is 11.0. The minimum atomic E-state index is 0.461. The number of nitriles is 1. The predicted molar refractivity (Wildman–Crippen MR) is 58.9 cm³/mol. The number of nitrogens with zero attached hydrogens (tertiary/aromatic N) is 3. The number of thiophene rings is 1. The van der Waals surface area contributed by atoms with Crippen LogP contribution in [0.15, 0.2) is 16.0 Å². The lowest BCUT2D eigenvalue weighted by Gasteiger charge is -2.20. The molecule has 0 atom stereocenters. The van der Waals surface area contributed by atoms with Crippen molar-refractivity contribution < 1.29 is 4.52 Å². The van der Waals surface area contributed by atoms with Crippen LogP contribution < -0.4 is 0 Å². The summed E-state index contributed by atoms with van der Waals surface area (Å²) >= 11 is 1.46. The van der Waals surface area contributed by atoms with Gasteiger partial charge in [0.15, 0.2) is 5.82 Å². The van der Waals surface area contributed by atoms with Crippen molar-refractivity contribution in [2.24, 2.45) is 0 Å². The van der Waals surface area contributed by atoms with Crippen molar-refractivity contribution in [2.75, 3.05) is 0 Å². The van der Waals surface area contributed by atoms with E-state index in [2.05, 4.69) is 16.2 Å². The van der Waals surface area contributed by atoms with Gasteiger partial charge in [0.1, 0.15) is 10.9 Å². The third-order valence-electron chi connectivity index (χ3n) is 2.89. The summed E-state index contributed by atoms with van der Waals surface area (Å²) in [4.78, 5) is 5.14. The van der Waals surface area contributed by atoms with Gasteiger partial charge in [-0.2, -0.15) is 10.2 Å². The van der Waals surface area contributed by atoms with Gasteiger partial charge in [-0.1, -0.05) is 11.6 Å². The molecule has 3 rings (SSSR count). The molecule has 5 heteroatoms. The first-order chi connectivity index (χ1) is 7.88. The molecule has 1 aliphatic carbocycles. The molecule has 0 spiro atoms. The van der Waals surface area contributed by atoms with Crippen LogP contribution in [-0.4, -0.2) is 10.1 Å². The second-order valence-corrected chi connectivity index (χ2v) is 4.78. The van der Waals surface area contributed by atoms with Gasteiger partial charge in [-0.3, -0.25) is 0 Å². The van der Waals surface area contributed by atoms with Gasteiger partial charge in [0, 0.05) is 5.92 Å². The highest BCUT2D eigenvalue weighted by Gasteiger charge is 2.25. The van der Waals surface area contributed by atoms with Gasteiger partial charge in [-0.25, -0.2) is 0 Å². The lowest BCUT2D eigenvalue weighted by molar-refractivity contribution is 0.366. The Morgan fingerprint density at radius 1 is 1.50 bits per heavy atom. The van der Waals surface area contributed by atoms with Crippen molar-refractivity contribution in [1.29, 1.82) is 5.26 Å². The first-order valence-corrected chi connectivity index (χ1v) is 6.08. The second-order valence-electron chi connectivity index (χ2n) is 3.86. The third-order valence-corrected chi connectivity index (χ3v) is 3.79. The molecule has 0 N–H and O–H groups in total. The lowest BCUT2D eigenvalue weighted by atomic mass is 9.85. The van der Waals surface area contributed by atoms with Crippen molar-refractivity contribution >= 4 is 11.3 Å². The fourth-order valence-electron chi connectivity index (χ4n) is 1.72. The molecule has 4 nitrogen and oxygen atoms in total. The molecule has 0 unspecified atom stereocenters. The molecule has 16 heavy (non-hydrogen) atoms. The van der Waals surface area contributed by atoms with E-state index in [1.165, 1.54) is 17.8 Å². The minimum absolute atomic E-state index is 0.461. The van der Waals surface area contributed by atoms with Gasteiger partial charge in [-0.15, -0.1) is 11.3 Å². The summed E-state index contributed by atoms with van der Waals surface area (Å²) in [6.45, 7) is 0. The third kappa shape index (κ3) is 1.42. The van der Waals surface area contributed by atoms with Crippen molar-refractivity contribution in [3.05, 3.63) is 22.8 Å². The van der Waals surface area contributed by atoms with E-state index in [1.54, 1.807) is 6.07 Å². The van der Waals surface area contributed by atoms with E-state index in [4.69, 9.17) is 9.78 Å². The summed E-state index contributed by atoms with van der Waals surface area (Å²) in [5, 5.41) is 14.8. The van der Waals surface area contributed by atoms with Gasteiger partial charge in [0.05, 0.1) is 5.56 Å². The van der Waals surface area contributed by atoms with Crippen LogP contribution in [0.3, 0.4) is 0 Å². The summed E-state index contributed by atoms with van der Waals surface area (Å²) in [5.74, 6) is 1.73. The Morgan fingerprint density at radius 3 is 3.06 bits per heavy atom. The average Bonchev–Trinajstić information content (AvgIpc) is 2.81. The van der Waals surface area contributed by atoms with E-state index in [0.717, 1.165) is 23.5 Å². The van der Waals surface area contributed by atoms with E-state index in [9.17, 15) is 0 Å². The Balaban J connectivity index is 1.95. The van der Waals surface area contributed by atoms with E-state index in [-0.39, 0.29) is 0 Å². The summed E-state index contributed by atoms with van der Waals surface area (Å²) in [5.41, 5.74) is 0.605. The van der Waals surface area contributed by atoms with Crippen LogP contribution in [0.5, 0.6) is 0 Å². The molecule has 2 aromatic heterocycles. The number of hydrogen-bond acceptors (Lipinski definition) is 5. The monoisotopic (exact) mass is 231 g/mol. The van der Waals surface area contributed by atoms with E-state index < -0.39 is 0 Å². The lowest BCUT2D eigenvalue weighted by Crippen LogP contribution is -2.10. The van der Waals surface area contributed by atoms with Gasteiger partial charge in [-0.05, 0) is 24.3 Å². The molecule has 1 saturated carbocycles. The molecule has 1 aliphatic rings. The summed E-state index contributed by atoms with van der Waals surface area (Å²) < 4.78 is 5.21. The molecule has 0 saturated heterocycles. The Bertz CT molecular complexity index is 548. The van der Waals surface area contributed by atoms with Gasteiger partial charge in [0.2, 0.25) is 0 Å². The largest absolute Gasteiger partial charge is 0.333 e. The van der Waals surface area contributed by atoms with Gasteiger partial charge < -0.3 is 4.52 Å². The molecular weight excluding hydrogens is 222 g/mol. The Hall–Kier alpha value is -1.67. The van der Waals surface area contributed by atoms with Gasteiger partial charge in [0.25, 0.3) is 5.89 Å². The molecular formula is C11H9N3OS. The predicted octanol–water partition coefficient (Wildman–Crippen LogP) is 2.94. The molecule has 2 aromatic rings. The Labute approximate surface area is 96.5 Å². The zero-order valence-corrected chi connectivity index (χ0v) is 9.33.